The molecular weight excluding hydrogens is 346 g/mol. The molecule has 3 amide bonds. The largest absolute Gasteiger partial charge is 0.341 e. The number of carbonyl (C=O) groups excluding carboxylic acids is 2. The molecule has 1 heterocycles. The summed E-state index contributed by atoms with van der Waals surface area (Å²) >= 11 is 1.33. The maximum absolute atomic E-state index is 12.6. The molecule has 6 heteroatoms. The smallest absolute Gasteiger partial charge is 0.321 e. The van der Waals surface area contributed by atoms with E-state index in [4.69, 9.17) is 0 Å². The van der Waals surface area contributed by atoms with Crippen LogP contribution in [0.1, 0.15) is 16.4 Å². The van der Waals surface area contributed by atoms with Crippen molar-refractivity contribution >= 4 is 34.6 Å². The molecule has 0 spiro atoms. The van der Waals surface area contributed by atoms with Crippen LogP contribution in [0.25, 0.3) is 10.9 Å². The minimum absolute atomic E-state index is 0.381. The zero-order valence-electron chi connectivity index (χ0n) is 14.5. The summed E-state index contributed by atoms with van der Waals surface area (Å²) in [5, 5.41) is 6.01. The highest BCUT2D eigenvalue weighted by Crippen LogP contribution is 2.36. The van der Waals surface area contributed by atoms with Crippen LogP contribution >= 0.6 is 11.8 Å². The molecule has 3 rings (SSSR count). The number of amides is 3. The number of thioether (sulfide) groups is 1. The first-order chi connectivity index (χ1) is 12.6. The first-order valence-corrected chi connectivity index (χ1v) is 9.07. The van der Waals surface area contributed by atoms with Gasteiger partial charge in [-0.05, 0) is 30.2 Å². The lowest BCUT2D eigenvalue weighted by Crippen LogP contribution is -2.39. The van der Waals surface area contributed by atoms with E-state index >= 15 is 0 Å². The van der Waals surface area contributed by atoms with Crippen molar-refractivity contribution in [3.05, 3.63) is 71.8 Å². The zero-order chi connectivity index (χ0) is 18.5. The molecule has 0 fully saturated rings. The SMILES string of the molecule is CNC(=O)NC(=O)[C@@H](Sc1cc(C)c2ccccc2n1)c1ccccc1. The maximum Gasteiger partial charge on any atom is 0.321 e. The fourth-order valence-corrected chi connectivity index (χ4v) is 3.74. The molecule has 3 aromatic rings. The summed E-state index contributed by atoms with van der Waals surface area (Å²) in [6, 6.07) is 18.7. The Morgan fingerprint density at radius 3 is 2.46 bits per heavy atom. The van der Waals surface area contributed by atoms with Crippen molar-refractivity contribution in [2.24, 2.45) is 0 Å². The van der Waals surface area contributed by atoms with Gasteiger partial charge < -0.3 is 5.32 Å². The van der Waals surface area contributed by atoms with Gasteiger partial charge in [-0.25, -0.2) is 9.78 Å². The molecule has 1 aromatic heterocycles. The summed E-state index contributed by atoms with van der Waals surface area (Å²) in [5.74, 6) is -0.381. The highest BCUT2D eigenvalue weighted by atomic mass is 32.2. The fourth-order valence-electron chi connectivity index (χ4n) is 2.64. The summed E-state index contributed by atoms with van der Waals surface area (Å²) < 4.78 is 0. The van der Waals surface area contributed by atoms with E-state index < -0.39 is 11.3 Å². The van der Waals surface area contributed by atoms with Crippen LogP contribution in [-0.2, 0) is 4.79 Å². The second-order valence-corrected chi connectivity index (χ2v) is 6.90. The van der Waals surface area contributed by atoms with Crippen molar-refractivity contribution in [1.29, 1.82) is 0 Å². The zero-order valence-corrected chi connectivity index (χ0v) is 15.3. The number of hydrogen-bond acceptors (Lipinski definition) is 4. The Morgan fingerprint density at radius 1 is 1.04 bits per heavy atom. The van der Waals surface area contributed by atoms with E-state index in [-0.39, 0.29) is 5.91 Å². The number of aryl methyl sites for hydroxylation is 1. The van der Waals surface area contributed by atoms with Crippen LogP contribution in [0.2, 0.25) is 0 Å². The summed E-state index contributed by atoms with van der Waals surface area (Å²) in [4.78, 5) is 28.9. The molecule has 132 valence electrons. The number of urea groups is 1. The molecule has 2 aromatic carbocycles. The topological polar surface area (TPSA) is 71.1 Å². The van der Waals surface area contributed by atoms with E-state index in [1.165, 1.54) is 18.8 Å². The van der Waals surface area contributed by atoms with E-state index in [2.05, 4.69) is 15.6 Å². The Bertz CT molecular complexity index is 944. The van der Waals surface area contributed by atoms with E-state index in [9.17, 15) is 9.59 Å². The summed E-state index contributed by atoms with van der Waals surface area (Å²) in [5.41, 5.74) is 2.79. The molecule has 2 N–H and O–H groups in total. The van der Waals surface area contributed by atoms with Crippen molar-refractivity contribution in [3.8, 4) is 0 Å². The highest BCUT2D eigenvalue weighted by molar-refractivity contribution is 8.00. The van der Waals surface area contributed by atoms with Crippen LogP contribution in [0.3, 0.4) is 0 Å². The monoisotopic (exact) mass is 365 g/mol. The van der Waals surface area contributed by atoms with Crippen LogP contribution in [-0.4, -0.2) is 24.0 Å². The van der Waals surface area contributed by atoms with Gasteiger partial charge in [0.05, 0.1) is 10.5 Å². The molecule has 0 bridgehead atoms. The number of benzene rings is 2. The minimum atomic E-state index is -0.582. The van der Waals surface area contributed by atoms with Gasteiger partial charge in [-0.15, -0.1) is 0 Å². The Labute approximate surface area is 156 Å². The molecule has 0 saturated heterocycles. The number of para-hydroxylation sites is 1. The second kappa shape index (κ2) is 8.01. The third kappa shape index (κ3) is 4.03. The lowest BCUT2D eigenvalue weighted by molar-refractivity contribution is -0.119. The average molecular weight is 365 g/mol. The van der Waals surface area contributed by atoms with Gasteiger partial charge in [0, 0.05) is 12.4 Å². The molecule has 1 atom stereocenters. The first kappa shape index (κ1) is 17.9. The van der Waals surface area contributed by atoms with Crippen molar-refractivity contribution < 1.29 is 9.59 Å². The highest BCUT2D eigenvalue weighted by Gasteiger charge is 2.24. The van der Waals surface area contributed by atoms with E-state index in [1.54, 1.807) is 0 Å². The maximum atomic E-state index is 12.6. The standard InChI is InChI=1S/C20H19N3O2S/c1-13-12-17(22-16-11-7-6-10-15(13)16)26-18(14-8-4-3-5-9-14)19(24)23-20(25)21-2/h3-12,18H,1-2H3,(H2,21,23,24,25)/t18-/m0/s1. The number of pyridine rings is 1. The molecule has 0 aliphatic heterocycles. The van der Waals surface area contributed by atoms with E-state index in [1.807, 2.05) is 67.6 Å². The summed E-state index contributed by atoms with van der Waals surface area (Å²) in [6.07, 6.45) is 0. The second-order valence-electron chi connectivity index (χ2n) is 5.77. The van der Waals surface area contributed by atoms with Crippen LogP contribution < -0.4 is 10.6 Å². The Kier molecular flexibility index (Phi) is 5.53. The van der Waals surface area contributed by atoms with Crippen LogP contribution in [0, 0.1) is 6.92 Å². The van der Waals surface area contributed by atoms with Crippen molar-refractivity contribution in [1.82, 2.24) is 15.6 Å². The third-order valence-electron chi connectivity index (χ3n) is 3.94. The number of rotatable bonds is 4. The number of imide groups is 1. The number of carbonyl (C=O) groups is 2. The van der Waals surface area contributed by atoms with Crippen LogP contribution in [0.5, 0.6) is 0 Å². The molecular formula is C20H19N3O2S. The van der Waals surface area contributed by atoms with Gasteiger partial charge in [0.1, 0.15) is 5.25 Å². The van der Waals surface area contributed by atoms with Crippen LogP contribution in [0.15, 0.2) is 65.7 Å². The number of aromatic nitrogens is 1. The first-order valence-electron chi connectivity index (χ1n) is 8.19. The van der Waals surface area contributed by atoms with Gasteiger partial charge in [-0.2, -0.15) is 0 Å². The Morgan fingerprint density at radius 2 is 1.73 bits per heavy atom. The third-order valence-corrected chi connectivity index (χ3v) is 5.11. The van der Waals surface area contributed by atoms with Gasteiger partial charge in [-0.1, -0.05) is 60.3 Å². The predicted octanol–water partition coefficient (Wildman–Crippen LogP) is 3.83. The molecule has 0 saturated carbocycles. The van der Waals surface area contributed by atoms with Crippen molar-refractivity contribution in [2.75, 3.05) is 7.05 Å². The van der Waals surface area contributed by atoms with E-state index in [0.717, 1.165) is 27.1 Å². The van der Waals surface area contributed by atoms with Crippen LogP contribution in [0.4, 0.5) is 4.79 Å². The molecule has 5 nitrogen and oxygen atoms in total. The predicted molar refractivity (Wildman–Crippen MR) is 104 cm³/mol. The van der Waals surface area contributed by atoms with Gasteiger partial charge >= 0.3 is 6.03 Å². The molecule has 0 radical (unpaired) electrons. The number of fused-ring (bicyclic) bond motifs is 1. The molecule has 0 unspecified atom stereocenters. The Balaban J connectivity index is 1.95. The molecule has 0 aliphatic rings. The lowest BCUT2D eigenvalue weighted by Gasteiger charge is -2.16. The molecule has 26 heavy (non-hydrogen) atoms. The van der Waals surface area contributed by atoms with Gasteiger partial charge in [-0.3, -0.25) is 10.1 Å². The number of hydrogen-bond donors (Lipinski definition) is 2. The fraction of sp³-hybridized carbons (Fsp3) is 0.150. The van der Waals surface area contributed by atoms with Crippen molar-refractivity contribution in [2.45, 2.75) is 17.2 Å². The number of nitrogens with zero attached hydrogens (tertiary/aromatic N) is 1. The lowest BCUT2D eigenvalue weighted by atomic mass is 10.1. The normalized spacial score (nSPS) is 11.8. The summed E-state index contributed by atoms with van der Waals surface area (Å²) in [6.45, 7) is 2.02. The van der Waals surface area contributed by atoms with Gasteiger partial charge in [0.25, 0.3) is 0 Å². The van der Waals surface area contributed by atoms with Gasteiger partial charge in [0.2, 0.25) is 5.91 Å². The quantitative estimate of drug-likeness (QED) is 0.689. The van der Waals surface area contributed by atoms with Crippen molar-refractivity contribution in [3.63, 3.8) is 0 Å². The minimum Gasteiger partial charge on any atom is -0.341 e. The van der Waals surface area contributed by atoms with Gasteiger partial charge in [0.15, 0.2) is 0 Å². The Hall–Kier alpha value is -2.86. The number of nitrogens with one attached hydrogen (secondary N) is 2. The van der Waals surface area contributed by atoms with E-state index in [0.29, 0.717) is 0 Å². The molecule has 0 aliphatic carbocycles. The summed E-state index contributed by atoms with van der Waals surface area (Å²) in [7, 11) is 1.47. The average Bonchev–Trinajstić information content (AvgIpc) is 2.66.